The van der Waals surface area contributed by atoms with Gasteiger partial charge in [-0.05, 0) is 28.1 Å². The zero-order valence-corrected chi connectivity index (χ0v) is 13.6. The summed E-state index contributed by atoms with van der Waals surface area (Å²) in [6, 6.07) is 3.68. The van der Waals surface area contributed by atoms with Crippen molar-refractivity contribution in [2.24, 2.45) is 0 Å². The quantitative estimate of drug-likeness (QED) is 0.857. The zero-order chi connectivity index (χ0) is 13.2. The van der Waals surface area contributed by atoms with Crippen LogP contribution in [0.3, 0.4) is 0 Å². The van der Waals surface area contributed by atoms with Crippen LogP contribution in [0.2, 0.25) is 0 Å². The SMILES string of the molecule is Br.Brc1ccnnc1.CN(CCO)c1ccnnc1. The van der Waals surface area contributed by atoms with Gasteiger partial charge in [-0.1, -0.05) is 0 Å². The van der Waals surface area contributed by atoms with Crippen molar-refractivity contribution in [1.82, 2.24) is 20.4 Å². The normalized spacial score (nSPS) is 8.79. The minimum Gasteiger partial charge on any atom is -0.395 e. The van der Waals surface area contributed by atoms with Gasteiger partial charge in [-0.2, -0.15) is 20.4 Å². The van der Waals surface area contributed by atoms with E-state index in [0.29, 0.717) is 6.54 Å². The van der Waals surface area contributed by atoms with Crippen LogP contribution in [0.15, 0.2) is 41.4 Å². The second-order valence-electron chi connectivity index (χ2n) is 3.31. The molecule has 6 nitrogen and oxygen atoms in total. The highest BCUT2D eigenvalue weighted by Gasteiger charge is 1.97. The third-order valence-electron chi connectivity index (χ3n) is 1.99. The second-order valence-corrected chi connectivity index (χ2v) is 4.22. The van der Waals surface area contributed by atoms with Crippen molar-refractivity contribution in [3.63, 3.8) is 0 Å². The lowest BCUT2D eigenvalue weighted by Gasteiger charge is -2.16. The van der Waals surface area contributed by atoms with Crippen LogP contribution in [0.25, 0.3) is 0 Å². The van der Waals surface area contributed by atoms with E-state index < -0.39 is 0 Å². The summed E-state index contributed by atoms with van der Waals surface area (Å²) in [6.45, 7) is 0.768. The summed E-state index contributed by atoms with van der Waals surface area (Å²) in [5, 5.41) is 23.1. The number of hydrogen-bond acceptors (Lipinski definition) is 6. The number of nitrogens with zero attached hydrogens (tertiary/aromatic N) is 5. The number of aliphatic hydroxyl groups excluding tert-OH is 1. The van der Waals surface area contributed by atoms with Crippen LogP contribution in [-0.4, -0.2) is 45.7 Å². The molecule has 0 fully saturated rings. The zero-order valence-electron chi connectivity index (χ0n) is 10.3. The number of halogens is 2. The van der Waals surface area contributed by atoms with Crippen molar-refractivity contribution in [3.05, 3.63) is 41.4 Å². The van der Waals surface area contributed by atoms with E-state index in [1.807, 2.05) is 24.1 Å². The monoisotopic (exact) mass is 391 g/mol. The predicted octanol–water partition coefficient (Wildman–Crippen LogP) is 1.72. The van der Waals surface area contributed by atoms with Gasteiger partial charge in [0.15, 0.2) is 0 Å². The Morgan fingerprint density at radius 2 is 1.74 bits per heavy atom. The van der Waals surface area contributed by atoms with E-state index in [0.717, 1.165) is 10.2 Å². The van der Waals surface area contributed by atoms with Gasteiger partial charge in [-0.3, -0.25) is 0 Å². The van der Waals surface area contributed by atoms with Crippen LogP contribution in [-0.2, 0) is 0 Å². The van der Waals surface area contributed by atoms with Gasteiger partial charge in [0.05, 0.1) is 37.1 Å². The Morgan fingerprint density at radius 1 is 1.11 bits per heavy atom. The Balaban J connectivity index is 0.000000352. The van der Waals surface area contributed by atoms with Gasteiger partial charge in [0.2, 0.25) is 0 Å². The van der Waals surface area contributed by atoms with E-state index in [1.54, 1.807) is 24.8 Å². The molecule has 104 valence electrons. The van der Waals surface area contributed by atoms with Crippen LogP contribution >= 0.6 is 32.9 Å². The minimum atomic E-state index is 0. The first-order chi connectivity index (χ1) is 8.74. The Bertz CT molecular complexity index is 432. The molecule has 2 heterocycles. The topological polar surface area (TPSA) is 75.0 Å². The lowest BCUT2D eigenvalue weighted by molar-refractivity contribution is 0.304. The summed E-state index contributed by atoms with van der Waals surface area (Å²) in [7, 11) is 1.90. The maximum Gasteiger partial charge on any atom is 0.0729 e. The Morgan fingerprint density at radius 3 is 2.11 bits per heavy atom. The number of hydrogen-bond donors (Lipinski definition) is 1. The van der Waals surface area contributed by atoms with Crippen molar-refractivity contribution < 1.29 is 5.11 Å². The van der Waals surface area contributed by atoms with Crippen molar-refractivity contribution in [2.75, 3.05) is 25.1 Å². The van der Waals surface area contributed by atoms with Crippen LogP contribution in [0, 0.1) is 0 Å². The van der Waals surface area contributed by atoms with E-state index in [4.69, 9.17) is 5.11 Å². The third kappa shape index (κ3) is 7.81. The summed E-state index contributed by atoms with van der Waals surface area (Å²) >= 11 is 3.21. The van der Waals surface area contributed by atoms with E-state index in [-0.39, 0.29) is 23.6 Å². The Hall–Kier alpha value is -1.12. The fourth-order valence-electron chi connectivity index (χ4n) is 1.06. The predicted molar refractivity (Wildman–Crippen MR) is 82.4 cm³/mol. The number of likely N-dealkylation sites (N-methyl/N-ethyl adjacent to an activating group) is 1. The van der Waals surface area contributed by atoms with Gasteiger partial charge in [0.25, 0.3) is 0 Å². The molecule has 0 spiro atoms. The molecule has 0 saturated carbocycles. The van der Waals surface area contributed by atoms with E-state index >= 15 is 0 Å². The molecule has 0 bridgehead atoms. The molecule has 2 aromatic heterocycles. The molecular formula is C11H15Br2N5O. The number of rotatable bonds is 3. The summed E-state index contributed by atoms with van der Waals surface area (Å²) < 4.78 is 0.961. The molecular weight excluding hydrogens is 378 g/mol. The van der Waals surface area contributed by atoms with Crippen molar-refractivity contribution in [2.45, 2.75) is 0 Å². The van der Waals surface area contributed by atoms with Crippen LogP contribution in [0.1, 0.15) is 0 Å². The molecule has 0 aliphatic carbocycles. The third-order valence-corrected chi connectivity index (χ3v) is 2.46. The van der Waals surface area contributed by atoms with E-state index in [9.17, 15) is 0 Å². The lowest BCUT2D eigenvalue weighted by atomic mass is 10.4. The molecule has 0 aliphatic rings. The molecule has 2 aromatic rings. The number of anilines is 1. The molecule has 0 saturated heterocycles. The van der Waals surface area contributed by atoms with Crippen LogP contribution in [0.4, 0.5) is 5.69 Å². The molecule has 0 atom stereocenters. The maximum atomic E-state index is 8.62. The van der Waals surface area contributed by atoms with Crippen molar-refractivity contribution in [1.29, 1.82) is 0 Å². The van der Waals surface area contributed by atoms with E-state index in [2.05, 4.69) is 36.3 Å². The number of aliphatic hydroxyl groups is 1. The molecule has 1 N–H and O–H groups in total. The molecule has 0 amide bonds. The molecule has 8 heteroatoms. The molecule has 0 radical (unpaired) electrons. The van der Waals surface area contributed by atoms with Crippen molar-refractivity contribution in [3.8, 4) is 0 Å². The molecule has 0 unspecified atom stereocenters. The maximum absolute atomic E-state index is 8.62. The standard InChI is InChI=1S/C7H11N3O.C4H3BrN2.BrH/c1-10(4-5-11)7-2-3-8-9-6-7;5-4-1-2-6-7-3-4;/h2-3,6,11H,4-5H2,1H3;1-3H;1H. The Labute approximate surface area is 130 Å². The summed E-state index contributed by atoms with van der Waals surface area (Å²) in [5.74, 6) is 0. The number of aromatic nitrogens is 4. The highest BCUT2D eigenvalue weighted by atomic mass is 79.9. The first kappa shape index (κ1) is 17.9. The first-order valence-electron chi connectivity index (χ1n) is 5.25. The Kier molecular flexibility index (Phi) is 10.1. The second kappa shape index (κ2) is 10.8. The van der Waals surface area contributed by atoms with Gasteiger partial charge >= 0.3 is 0 Å². The fourth-order valence-corrected chi connectivity index (χ4v) is 1.27. The van der Waals surface area contributed by atoms with Gasteiger partial charge < -0.3 is 10.0 Å². The molecule has 19 heavy (non-hydrogen) atoms. The first-order valence-corrected chi connectivity index (χ1v) is 6.04. The van der Waals surface area contributed by atoms with E-state index in [1.165, 1.54) is 0 Å². The summed E-state index contributed by atoms with van der Waals surface area (Å²) in [5.41, 5.74) is 0.967. The van der Waals surface area contributed by atoms with Crippen molar-refractivity contribution >= 4 is 38.6 Å². The smallest absolute Gasteiger partial charge is 0.0729 e. The average molecular weight is 393 g/mol. The molecule has 0 aromatic carbocycles. The average Bonchev–Trinajstić information content (AvgIpc) is 2.42. The van der Waals surface area contributed by atoms with Crippen LogP contribution in [0.5, 0.6) is 0 Å². The van der Waals surface area contributed by atoms with Gasteiger partial charge in [-0.15, -0.1) is 17.0 Å². The van der Waals surface area contributed by atoms with Gasteiger partial charge in [-0.25, -0.2) is 0 Å². The van der Waals surface area contributed by atoms with Gasteiger partial charge in [0.1, 0.15) is 0 Å². The lowest BCUT2D eigenvalue weighted by Crippen LogP contribution is -2.21. The largest absolute Gasteiger partial charge is 0.395 e. The van der Waals surface area contributed by atoms with Crippen LogP contribution < -0.4 is 4.90 Å². The highest BCUT2D eigenvalue weighted by Crippen LogP contribution is 2.06. The summed E-state index contributed by atoms with van der Waals surface area (Å²) in [4.78, 5) is 1.91. The fraction of sp³-hybridized carbons (Fsp3) is 0.273. The molecule has 2 rings (SSSR count). The molecule has 0 aliphatic heterocycles. The highest BCUT2D eigenvalue weighted by molar-refractivity contribution is 9.10. The van der Waals surface area contributed by atoms with Gasteiger partial charge in [0, 0.05) is 18.1 Å². The minimum absolute atomic E-state index is 0. The summed E-state index contributed by atoms with van der Waals surface area (Å²) in [6.07, 6.45) is 6.56.